The zero-order valence-electron chi connectivity index (χ0n) is 12.5. The van der Waals surface area contributed by atoms with Crippen LogP contribution >= 0.6 is 11.3 Å². The second-order valence-corrected chi connectivity index (χ2v) is 6.04. The van der Waals surface area contributed by atoms with Crippen LogP contribution in [0.15, 0.2) is 36.7 Å². The summed E-state index contributed by atoms with van der Waals surface area (Å²) in [7, 11) is 0. The lowest BCUT2D eigenvalue weighted by molar-refractivity contribution is -0.380. The average Bonchev–Trinajstić information content (AvgIpc) is 2.96. The number of nitro groups is 1. The van der Waals surface area contributed by atoms with Gasteiger partial charge >= 0.3 is 5.00 Å². The number of benzene rings is 1. The summed E-state index contributed by atoms with van der Waals surface area (Å²) in [5, 5.41) is 14.4. The van der Waals surface area contributed by atoms with Crippen molar-refractivity contribution in [3.05, 3.63) is 57.9 Å². The van der Waals surface area contributed by atoms with Crippen molar-refractivity contribution in [1.29, 1.82) is 0 Å². The van der Waals surface area contributed by atoms with E-state index in [0.29, 0.717) is 16.6 Å². The van der Waals surface area contributed by atoms with E-state index in [0.717, 1.165) is 28.2 Å². The first kappa shape index (κ1) is 15.0. The van der Waals surface area contributed by atoms with Crippen molar-refractivity contribution in [3.8, 4) is 10.7 Å². The van der Waals surface area contributed by atoms with Gasteiger partial charge in [-0.25, -0.2) is 15.0 Å². The molecule has 23 heavy (non-hydrogen) atoms. The van der Waals surface area contributed by atoms with E-state index in [1.165, 1.54) is 6.20 Å². The summed E-state index contributed by atoms with van der Waals surface area (Å²) in [6.07, 6.45) is 2.83. The van der Waals surface area contributed by atoms with E-state index in [1.807, 2.05) is 26.0 Å². The number of aromatic nitrogens is 3. The van der Waals surface area contributed by atoms with E-state index in [1.54, 1.807) is 12.3 Å². The molecule has 7 nitrogen and oxygen atoms in total. The SMILES string of the molecule is Cc1cc(C)cc(Nc2nccc(-c3ncc([N+](=O)[O-])s3)n2)c1. The number of nitrogens with zero attached hydrogens (tertiary/aromatic N) is 4. The Morgan fingerprint density at radius 3 is 2.57 bits per heavy atom. The predicted molar refractivity (Wildman–Crippen MR) is 89.0 cm³/mol. The highest BCUT2D eigenvalue weighted by Gasteiger charge is 2.14. The first-order valence-corrected chi connectivity index (χ1v) is 7.62. The maximum Gasteiger partial charge on any atom is 0.344 e. The van der Waals surface area contributed by atoms with E-state index in [2.05, 4.69) is 26.3 Å². The van der Waals surface area contributed by atoms with Crippen LogP contribution in [0.2, 0.25) is 0 Å². The van der Waals surface area contributed by atoms with Gasteiger partial charge in [0.2, 0.25) is 5.95 Å². The summed E-state index contributed by atoms with van der Waals surface area (Å²) in [6, 6.07) is 7.75. The maximum atomic E-state index is 10.7. The molecule has 2 aromatic heterocycles. The van der Waals surface area contributed by atoms with Crippen LogP contribution in [-0.4, -0.2) is 19.9 Å². The Morgan fingerprint density at radius 1 is 1.17 bits per heavy atom. The van der Waals surface area contributed by atoms with Gasteiger partial charge in [0, 0.05) is 11.9 Å². The van der Waals surface area contributed by atoms with E-state index in [-0.39, 0.29) is 5.00 Å². The van der Waals surface area contributed by atoms with Gasteiger partial charge in [-0.3, -0.25) is 10.1 Å². The molecule has 0 radical (unpaired) electrons. The van der Waals surface area contributed by atoms with E-state index in [4.69, 9.17) is 0 Å². The van der Waals surface area contributed by atoms with Crippen molar-refractivity contribution < 1.29 is 4.92 Å². The highest BCUT2D eigenvalue weighted by Crippen LogP contribution is 2.29. The van der Waals surface area contributed by atoms with Crippen molar-refractivity contribution in [2.75, 3.05) is 5.32 Å². The normalized spacial score (nSPS) is 10.5. The molecule has 8 heteroatoms. The number of nitrogens with one attached hydrogen (secondary N) is 1. The number of aryl methyl sites for hydroxylation is 2. The minimum absolute atomic E-state index is 0.0116. The fraction of sp³-hybridized carbons (Fsp3) is 0.133. The molecular formula is C15H13N5O2S. The van der Waals surface area contributed by atoms with E-state index >= 15 is 0 Å². The monoisotopic (exact) mass is 327 g/mol. The van der Waals surface area contributed by atoms with Crippen LogP contribution in [0, 0.1) is 24.0 Å². The zero-order valence-corrected chi connectivity index (χ0v) is 13.3. The van der Waals surface area contributed by atoms with Gasteiger partial charge in [-0.1, -0.05) is 6.07 Å². The molecule has 1 N–H and O–H groups in total. The van der Waals surface area contributed by atoms with Crippen LogP contribution in [0.3, 0.4) is 0 Å². The molecule has 0 fully saturated rings. The summed E-state index contributed by atoms with van der Waals surface area (Å²) in [5.74, 6) is 0.422. The summed E-state index contributed by atoms with van der Waals surface area (Å²) in [4.78, 5) is 22.9. The Labute approximate surface area is 136 Å². The van der Waals surface area contributed by atoms with Gasteiger partial charge in [0.05, 0.1) is 4.92 Å². The molecule has 0 spiro atoms. The summed E-state index contributed by atoms with van der Waals surface area (Å²) < 4.78 is 0. The first-order chi connectivity index (χ1) is 11.0. The largest absolute Gasteiger partial charge is 0.344 e. The number of anilines is 2. The van der Waals surface area contributed by atoms with E-state index in [9.17, 15) is 10.1 Å². The Morgan fingerprint density at radius 2 is 1.91 bits per heavy atom. The van der Waals surface area contributed by atoms with Crippen molar-refractivity contribution in [3.63, 3.8) is 0 Å². The first-order valence-electron chi connectivity index (χ1n) is 6.80. The minimum atomic E-state index is -0.461. The predicted octanol–water partition coefficient (Wildman–Crippen LogP) is 3.87. The van der Waals surface area contributed by atoms with Crippen molar-refractivity contribution in [2.24, 2.45) is 0 Å². The lowest BCUT2D eigenvalue weighted by Gasteiger charge is -2.07. The lowest BCUT2D eigenvalue weighted by atomic mass is 10.1. The smallest absolute Gasteiger partial charge is 0.324 e. The Bertz CT molecular complexity index is 858. The number of hydrogen-bond acceptors (Lipinski definition) is 7. The van der Waals surface area contributed by atoms with Crippen LogP contribution in [0.1, 0.15) is 11.1 Å². The number of thiazole rings is 1. The van der Waals surface area contributed by atoms with Crippen LogP contribution in [0.4, 0.5) is 16.6 Å². The molecule has 116 valence electrons. The second-order valence-electron chi connectivity index (χ2n) is 5.03. The van der Waals surface area contributed by atoms with Gasteiger partial charge in [0.25, 0.3) is 0 Å². The molecule has 3 rings (SSSR count). The Balaban J connectivity index is 1.88. The maximum absolute atomic E-state index is 10.7. The molecule has 2 heterocycles. The lowest BCUT2D eigenvalue weighted by Crippen LogP contribution is -1.98. The van der Waals surface area contributed by atoms with Gasteiger partial charge < -0.3 is 5.32 Å². The third-order valence-corrected chi connectivity index (χ3v) is 4.00. The highest BCUT2D eigenvalue weighted by atomic mass is 32.1. The van der Waals surface area contributed by atoms with Crippen LogP contribution < -0.4 is 5.32 Å². The van der Waals surface area contributed by atoms with Gasteiger partial charge in [-0.2, -0.15) is 0 Å². The van der Waals surface area contributed by atoms with Crippen molar-refractivity contribution >= 4 is 28.0 Å². The minimum Gasteiger partial charge on any atom is -0.324 e. The van der Waals surface area contributed by atoms with Crippen LogP contribution in [0.5, 0.6) is 0 Å². The molecule has 0 aliphatic carbocycles. The highest BCUT2D eigenvalue weighted by molar-refractivity contribution is 7.18. The molecule has 0 unspecified atom stereocenters. The standard InChI is InChI=1S/C15H13N5O2S/c1-9-5-10(2)7-11(6-9)18-15-16-4-3-12(19-15)14-17-8-13(23-14)20(21)22/h3-8H,1-2H3,(H,16,18,19). The van der Waals surface area contributed by atoms with Crippen LogP contribution in [0.25, 0.3) is 10.7 Å². The van der Waals surface area contributed by atoms with Crippen molar-refractivity contribution in [1.82, 2.24) is 15.0 Å². The molecule has 1 aromatic carbocycles. The second kappa shape index (κ2) is 6.09. The Kier molecular flexibility index (Phi) is 3.98. The number of rotatable bonds is 4. The fourth-order valence-corrected chi connectivity index (χ4v) is 2.88. The van der Waals surface area contributed by atoms with Crippen LogP contribution in [-0.2, 0) is 0 Å². The third-order valence-electron chi connectivity index (χ3n) is 3.03. The van der Waals surface area contributed by atoms with Gasteiger partial charge in [0.15, 0.2) is 0 Å². The molecule has 0 aliphatic heterocycles. The molecule has 3 aromatic rings. The third kappa shape index (κ3) is 3.49. The molecule has 0 bridgehead atoms. The fourth-order valence-electron chi connectivity index (χ4n) is 2.18. The summed E-state index contributed by atoms with van der Waals surface area (Å²) in [6.45, 7) is 4.04. The molecular weight excluding hydrogens is 314 g/mol. The zero-order chi connectivity index (χ0) is 16.4. The topological polar surface area (TPSA) is 93.8 Å². The summed E-state index contributed by atoms with van der Waals surface area (Å²) in [5.41, 5.74) is 3.72. The van der Waals surface area contributed by atoms with Gasteiger partial charge in [-0.05, 0) is 54.5 Å². The quantitative estimate of drug-likeness (QED) is 0.577. The summed E-state index contributed by atoms with van der Waals surface area (Å²) >= 11 is 0.986. The van der Waals surface area contributed by atoms with Gasteiger partial charge in [0.1, 0.15) is 16.9 Å². The van der Waals surface area contributed by atoms with E-state index < -0.39 is 4.92 Å². The average molecular weight is 327 g/mol. The molecule has 0 amide bonds. The molecule has 0 saturated carbocycles. The molecule has 0 aliphatic rings. The number of hydrogen-bond donors (Lipinski definition) is 1. The van der Waals surface area contributed by atoms with Crippen molar-refractivity contribution in [2.45, 2.75) is 13.8 Å². The molecule has 0 atom stereocenters. The molecule has 0 saturated heterocycles. The Hall–Kier alpha value is -2.87. The van der Waals surface area contributed by atoms with Gasteiger partial charge in [-0.15, -0.1) is 0 Å².